The Morgan fingerprint density at radius 1 is 0.857 bits per heavy atom. The number of carbonyl (C=O) groups is 3. The van der Waals surface area contributed by atoms with Gasteiger partial charge in [0.15, 0.2) is 0 Å². The zero-order chi connectivity index (χ0) is 20.6. The summed E-state index contributed by atoms with van der Waals surface area (Å²) in [5, 5.41) is 8.16. The Hall–Kier alpha value is -3.15. The minimum Gasteiger partial charge on any atom is -0.352 e. The van der Waals surface area contributed by atoms with Crippen molar-refractivity contribution in [2.24, 2.45) is 5.41 Å². The van der Waals surface area contributed by atoms with Gasteiger partial charge in [0.05, 0.1) is 17.8 Å². The molecule has 6 nitrogen and oxygen atoms in total. The molecule has 2 aromatic carbocycles. The second-order valence-electron chi connectivity index (χ2n) is 7.52. The van der Waals surface area contributed by atoms with E-state index in [2.05, 4.69) is 16.0 Å². The number of carbonyl (C=O) groups excluding carboxylic acids is 3. The summed E-state index contributed by atoms with van der Waals surface area (Å²) in [7, 11) is 0. The van der Waals surface area contributed by atoms with Crippen LogP contribution >= 0.6 is 0 Å². The molecule has 148 valence electrons. The lowest BCUT2D eigenvalue weighted by atomic mass is 9.96. The van der Waals surface area contributed by atoms with E-state index in [-0.39, 0.29) is 24.3 Å². The van der Waals surface area contributed by atoms with Gasteiger partial charge < -0.3 is 16.0 Å². The fourth-order valence-corrected chi connectivity index (χ4v) is 2.47. The summed E-state index contributed by atoms with van der Waals surface area (Å²) in [5.74, 6) is -0.859. The smallest absolute Gasteiger partial charge is 0.253 e. The Balaban J connectivity index is 1.91. The van der Waals surface area contributed by atoms with Gasteiger partial charge >= 0.3 is 0 Å². The molecule has 28 heavy (non-hydrogen) atoms. The van der Waals surface area contributed by atoms with Gasteiger partial charge in [-0.05, 0) is 24.1 Å². The zero-order valence-electron chi connectivity index (χ0n) is 16.5. The van der Waals surface area contributed by atoms with Gasteiger partial charge in [0, 0.05) is 12.0 Å². The first kappa shape index (κ1) is 21.2. The molecule has 0 spiro atoms. The normalized spacial score (nSPS) is 10.8. The number of benzene rings is 2. The van der Waals surface area contributed by atoms with Crippen molar-refractivity contribution in [3.8, 4) is 0 Å². The Morgan fingerprint density at radius 3 is 2.18 bits per heavy atom. The summed E-state index contributed by atoms with van der Waals surface area (Å²) in [6.45, 7) is 5.66. The van der Waals surface area contributed by atoms with Gasteiger partial charge in [-0.1, -0.05) is 63.2 Å². The van der Waals surface area contributed by atoms with Gasteiger partial charge in [0.2, 0.25) is 11.8 Å². The molecule has 0 aromatic heterocycles. The third-order valence-corrected chi connectivity index (χ3v) is 4.08. The van der Waals surface area contributed by atoms with Crippen molar-refractivity contribution >= 4 is 23.4 Å². The summed E-state index contributed by atoms with van der Waals surface area (Å²) in [5.41, 5.74) is 1.36. The molecule has 3 amide bonds. The van der Waals surface area contributed by atoms with Crippen LogP contribution in [0.2, 0.25) is 0 Å². The number of para-hydroxylation sites is 1. The van der Waals surface area contributed by atoms with Crippen molar-refractivity contribution in [3.63, 3.8) is 0 Å². The maximum absolute atomic E-state index is 12.5. The first-order valence-corrected chi connectivity index (χ1v) is 9.26. The van der Waals surface area contributed by atoms with Gasteiger partial charge in [-0.25, -0.2) is 0 Å². The van der Waals surface area contributed by atoms with E-state index in [1.54, 1.807) is 45.0 Å². The highest BCUT2D eigenvalue weighted by Gasteiger charge is 2.21. The predicted octanol–water partition coefficient (Wildman–Crippen LogP) is 2.76. The van der Waals surface area contributed by atoms with Crippen LogP contribution in [0.5, 0.6) is 0 Å². The van der Waals surface area contributed by atoms with Crippen molar-refractivity contribution in [1.82, 2.24) is 10.6 Å². The van der Waals surface area contributed by atoms with E-state index >= 15 is 0 Å². The fraction of sp³-hybridized carbons (Fsp3) is 0.318. The van der Waals surface area contributed by atoms with Crippen molar-refractivity contribution in [2.45, 2.75) is 27.2 Å². The third-order valence-electron chi connectivity index (χ3n) is 4.08. The van der Waals surface area contributed by atoms with Crippen LogP contribution in [-0.4, -0.2) is 30.8 Å². The molecule has 0 saturated heterocycles. The van der Waals surface area contributed by atoms with E-state index < -0.39 is 5.41 Å². The summed E-state index contributed by atoms with van der Waals surface area (Å²) in [6.07, 6.45) is 0.722. The number of hydrogen-bond acceptors (Lipinski definition) is 3. The second-order valence-corrected chi connectivity index (χ2v) is 7.52. The highest BCUT2D eigenvalue weighted by Crippen LogP contribution is 2.15. The van der Waals surface area contributed by atoms with Crippen molar-refractivity contribution in [3.05, 3.63) is 65.7 Å². The van der Waals surface area contributed by atoms with E-state index in [4.69, 9.17) is 0 Å². The lowest BCUT2D eigenvalue weighted by Gasteiger charge is -2.17. The maximum atomic E-state index is 12.5. The van der Waals surface area contributed by atoms with E-state index in [0.717, 1.165) is 12.0 Å². The number of anilines is 1. The largest absolute Gasteiger partial charge is 0.352 e. The van der Waals surface area contributed by atoms with Gasteiger partial charge in [-0.3, -0.25) is 14.4 Å². The molecule has 0 unspecified atom stereocenters. The molecule has 6 heteroatoms. The molecule has 0 bridgehead atoms. The van der Waals surface area contributed by atoms with Crippen LogP contribution in [0.25, 0.3) is 0 Å². The molecule has 0 heterocycles. The Labute approximate surface area is 165 Å². The molecular formula is C22H27N3O3. The average Bonchev–Trinajstić information content (AvgIpc) is 2.66. The molecule has 0 aliphatic heterocycles. The number of hydrogen-bond donors (Lipinski definition) is 3. The van der Waals surface area contributed by atoms with Gasteiger partial charge in [-0.2, -0.15) is 0 Å². The second kappa shape index (κ2) is 9.69. The molecular weight excluding hydrogens is 354 g/mol. The third kappa shape index (κ3) is 6.54. The number of rotatable bonds is 7. The minimum absolute atomic E-state index is 0.153. The highest BCUT2D eigenvalue weighted by atomic mass is 16.2. The van der Waals surface area contributed by atoms with Crippen LogP contribution in [0.15, 0.2) is 54.6 Å². The highest BCUT2D eigenvalue weighted by molar-refractivity contribution is 6.04. The molecule has 0 aliphatic carbocycles. The lowest BCUT2D eigenvalue weighted by Crippen LogP contribution is -2.39. The summed E-state index contributed by atoms with van der Waals surface area (Å²) < 4.78 is 0. The van der Waals surface area contributed by atoms with Crippen LogP contribution in [0, 0.1) is 5.41 Å². The summed E-state index contributed by atoms with van der Waals surface area (Å²) >= 11 is 0. The molecule has 0 radical (unpaired) electrons. The van der Waals surface area contributed by atoms with Crippen molar-refractivity contribution in [2.75, 3.05) is 18.4 Å². The lowest BCUT2D eigenvalue weighted by molar-refractivity contribution is -0.130. The van der Waals surface area contributed by atoms with Crippen LogP contribution in [0.1, 0.15) is 36.7 Å². The van der Waals surface area contributed by atoms with E-state index in [1.165, 1.54) is 0 Å². The van der Waals surface area contributed by atoms with Crippen LogP contribution < -0.4 is 16.0 Å². The van der Waals surface area contributed by atoms with Crippen molar-refractivity contribution < 1.29 is 14.4 Å². The SMILES string of the molecule is CC(C)(C)C(=O)NCC(=O)Nc1ccccc1C(=O)NCCc1ccccc1. The van der Waals surface area contributed by atoms with E-state index in [0.29, 0.717) is 17.8 Å². The molecule has 2 aromatic rings. The van der Waals surface area contributed by atoms with Gasteiger partial charge in [0.1, 0.15) is 0 Å². The predicted molar refractivity (Wildman–Crippen MR) is 110 cm³/mol. The Kier molecular flexibility index (Phi) is 7.32. The summed E-state index contributed by atoms with van der Waals surface area (Å²) in [4.78, 5) is 36.5. The van der Waals surface area contributed by atoms with Crippen LogP contribution in [-0.2, 0) is 16.0 Å². The molecule has 0 aliphatic rings. The Bertz CT molecular complexity index is 826. The van der Waals surface area contributed by atoms with Crippen LogP contribution in [0.3, 0.4) is 0 Å². The van der Waals surface area contributed by atoms with Gasteiger partial charge in [0.25, 0.3) is 5.91 Å². The molecule has 0 atom stereocenters. The summed E-state index contributed by atoms with van der Waals surface area (Å²) in [6, 6.07) is 16.7. The number of amides is 3. The van der Waals surface area contributed by atoms with Gasteiger partial charge in [-0.15, -0.1) is 0 Å². The standard InChI is InChI=1S/C22H27N3O3/c1-22(2,3)21(28)24-15-19(26)25-18-12-8-7-11-17(18)20(27)23-14-13-16-9-5-4-6-10-16/h4-12H,13-15H2,1-3H3,(H,23,27)(H,24,28)(H,25,26). The monoisotopic (exact) mass is 381 g/mol. The topological polar surface area (TPSA) is 87.3 Å². The van der Waals surface area contributed by atoms with E-state index in [9.17, 15) is 14.4 Å². The van der Waals surface area contributed by atoms with Crippen LogP contribution in [0.4, 0.5) is 5.69 Å². The zero-order valence-corrected chi connectivity index (χ0v) is 16.5. The first-order chi connectivity index (χ1) is 13.3. The molecule has 3 N–H and O–H groups in total. The fourth-order valence-electron chi connectivity index (χ4n) is 2.47. The Morgan fingerprint density at radius 2 is 1.50 bits per heavy atom. The first-order valence-electron chi connectivity index (χ1n) is 9.26. The average molecular weight is 381 g/mol. The minimum atomic E-state index is -0.573. The molecule has 0 fully saturated rings. The van der Waals surface area contributed by atoms with E-state index in [1.807, 2.05) is 30.3 Å². The molecule has 0 saturated carbocycles. The van der Waals surface area contributed by atoms with Crippen molar-refractivity contribution in [1.29, 1.82) is 0 Å². The number of nitrogens with one attached hydrogen (secondary N) is 3. The quantitative estimate of drug-likeness (QED) is 0.689. The maximum Gasteiger partial charge on any atom is 0.253 e. The molecule has 2 rings (SSSR count).